The highest BCUT2D eigenvalue weighted by atomic mass is 16.5. The highest BCUT2D eigenvalue weighted by Gasteiger charge is 2.15. The van der Waals surface area contributed by atoms with Crippen LogP contribution in [0.4, 0.5) is 0 Å². The number of hydrogen-bond acceptors (Lipinski definition) is 6. The normalized spacial score (nSPS) is 10.5. The Balaban J connectivity index is 2.05. The third-order valence-corrected chi connectivity index (χ3v) is 6.09. The van der Waals surface area contributed by atoms with E-state index in [0.717, 1.165) is 25.7 Å². The Morgan fingerprint density at radius 1 is 0.703 bits per heavy atom. The van der Waals surface area contributed by atoms with Crippen molar-refractivity contribution >= 4 is 5.97 Å². The summed E-state index contributed by atoms with van der Waals surface area (Å²) in [7, 11) is 0. The molecule has 0 saturated carbocycles. The quantitative estimate of drug-likeness (QED) is 0.152. The van der Waals surface area contributed by atoms with Crippen LogP contribution in [0.5, 0.6) is 17.2 Å². The van der Waals surface area contributed by atoms with Gasteiger partial charge >= 0.3 is 5.97 Å². The molecule has 6 heteroatoms. The van der Waals surface area contributed by atoms with Crippen LogP contribution in [-0.2, 0) is 0 Å². The first-order chi connectivity index (χ1) is 18.1. The Labute approximate surface area is 221 Å². The lowest BCUT2D eigenvalue weighted by Gasteiger charge is -2.14. The van der Waals surface area contributed by atoms with Crippen molar-refractivity contribution in [2.75, 3.05) is 13.2 Å². The number of hydrogen-bond donors (Lipinski definition) is 0. The van der Waals surface area contributed by atoms with E-state index in [1.165, 1.54) is 75.6 Å². The van der Waals surface area contributed by atoms with Crippen LogP contribution in [-0.4, -0.2) is 19.2 Å². The van der Waals surface area contributed by atoms with Gasteiger partial charge in [0.1, 0.15) is 0 Å². The summed E-state index contributed by atoms with van der Waals surface area (Å²) < 4.78 is 17.4. The topological polar surface area (TPSA) is 85.6 Å². The van der Waals surface area contributed by atoms with Gasteiger partial charge in [0.05, 0.1) is 30.4 Å². The second-order valence-electron chi connectivity index (χ2n) is 9.25. The van der Waals surface area contributed by atoms with Crippen molar-refractivity contribution in [2.24, 2.45) is 0 Å². The zero-order chi connectivity index (χ0) is 26.7. The maximum absolute atomic E-state index is 12.8. The first-order valence-corrected chi connectivity index (χ1v) is 13.7. The molecule has 0 aromatic heterocycles. The first kappa shape index (κ1) is 29.9. The van der Waals surface area contributed by atoms with Crippen LogP contribution in [0.25, 0.3) is 0 Å². The average molecular weight is 508 g/mol. The monoisotopic (exact) mass is 507 g/mol. The summed E-state index contributed by atoms with van der Waals surface area (Å²) in [6.45, 7) is 5.53. The van der Waals surface area contributed by atoms with E-state index in [4.69, 9.17) is 19.5 Å². The van der Waals surface area contributed by atoms with Crippen molar-refractivity contribution < 1.29 is 19.0 Å². The minimum Gasteiger partial charge on any atom is -0.490 e. The predicted octanol–water partition coefficient (Wildman–Crippen LogP) is 7.62. The molecular formula is C31H41NO5. The molecule has 2 rings (SSSR count). The number of rotatable bonds is 18. The first-order valence-electron chi connectivity index (χ1n) is 13.7. The van der Waals surface area contributed by atoms with Gasteiger partial charge in [-0.1, -0.05) is 78.1 Å². The van der Waals surface area contributed by atoms with Crippen molar-refractivity contribution in [3.63, 3.8) is 0 Å². The molecule has 0 aliphatic carbocycles. The fraction of sp³-hybridized carbons (Fsp3) is 0.516. The molecule has 0 spiro atoms. The van der Waals surface area contributed by atoms with Gasteiger partial charge in [-0.2, -0.15) is 5.26 Å². The lowest BCUT2D eigenvalue weighted by Crippen LogP contribution is -2.13. The van der Waals surface area contributed by atoms with Crippen LogP contribution in [0.15, 0.2) is 47.3 Å². The highest BCUT2D eigenvalue weighted by Crippen LogP contribution is 2.29. The third-order valence-electron chi connectivity index (χ3n) is 6.09. The number of benzene rings is 1. The minimum atomic E-state index is -0.673. The molecule has 0 radical (unpaired) electrons. The van der Waals surface area contributed by atoms with Gasteiger partial charge in [0.2, 0.25) is 5.43 Å². The van der Waals surface area contributed by atoms with Crippen LogP contribution < -0.4 is 19.6 Å². The molecule has 0 unspecified atom stereocenters. The zero-order valence-electron chi connectivity index (χ0n) is 22.4. The lowest BCUT2D eigenvalue weighted by molar-refractivity contribution is 0.0732. The summed E-state index contributed by atoms with van der Waals surface area (Å²) in [4.78, 5) is 25.1. The van der Waals surface area contributed by atoms with Crippen LogP contribution >= 0.6 is 0 Å². The molecule has 6 nitrogen and oxygen atoms in total. The Morgan fingerprint density at radius 2 is 1.24 bits per heavy atom. The highest BCUT2D eigenvalue weighted by molar-refractivity contribution is 5.91. The standard InChI is InChI=1S/C31H41NO5/c1-3-5-7-9-11-13-21-35-29-20-17-26(23-30(29)36-22-14-12-10-8-6-4-2)31(34)37-28-19-16-25(24-32)15-18-27(28)33/h15-20,23H,3-14,21-22H2,1-2H3. The summed E-state index contributed by atoms with van der Waals surface area (Å²) in [6, 6.07) is 12.3. The molecule has 200 valence electrons. The molecule has 37 heavy (non-hydrogen) atoms. The molecule has 0 fully saturated rings. The molecule has 0 aliphatic heterocycles. The average Bonchev–Trinajstić information content (AvgIpc) is 3.08. The lowest BCUT2D eigenvalue weighted by atomic mass is 10.1. The second-order valence-corrected chi connectivity index (χ2v) is 9.25. The van der Waals surface area contributed by atoms with Crippen molar-refractivity contribution in [1.29, 1.82) is 5.26 Å². The third kappa shape index (κ3) is 11.5. The number of unbranched alkanes of at least 4 members (excludes halogenated alkanes) is 10. The van der Waals surface area contributed by atoms with Crippen molar-refractivity contribution in [3.05, 3.63) is 63.8 Å². The fourth-order valence-corrected chi connectivity index (χ4v) is 3.86. The van der Waals surface area contributed by atoms with Gasteiger partial charge in [-0.3, -0.25) is 4.79 Å². The summed E-state index contributed by atoms with van der Waals surface area (Å²) in [5, 5.41) is 9.03. The predicted molar refractivity (Wildman–Crippen MR) is 147 cm³/mol. The van der Waals surface area contributed by atoms with Gasteiger partial charge < -0.3 is 14.2 Å². The molecule has 0 saturated heterocycles. The van der Waals surface area contributed by atoms with Gasteiger partial charge in [0.25, 0.3) is 0 Å². The molecule has 2 aromatic rings. The maximum atomic E-state index is 12.8. The molecule has 0 heterocycles. The van der Waals surface area contributed by atoms with Crippen molar-refractivity contribution in [2.45, 2.75) is 90.9 Å². The molecule has 0 N–H and O–H groups in total. The van der Waals surface area contributed by atoms with Gasteiger partial charge in [0, 0.05) is 0 Å². The number of carbonyl (C=O) groups is 1. The van der Waals surface area contributed by atoms with E-state index in [1.807, 2.05) is 6.07 Å². The van der Waals surface area contributed by atoms with Gasteiger partial charge in [0.15, 0.2) is 17.2 Å². The van der Waals surface area contributed by atoms with Crippen molar-refractivity contribution in [1.82, 2.24) is 0 Å². The largest absolute Gasteiger partial charge is 0.490 e. The maximum Gasteiger partial charge on any atom is 0.343 e. The van der Waals surface area contributed by atoms with Crippen LogP contribution in [0, 0.1) is 11.3 Å². The zero-order valence-corrected chi connectivity index (χ0v) is 22.4. The Morgan fingerprint density at radius 3 is 1.86 bits per heavy atom. The van der Waals surface area contributed by atoms with Gasteiger partial charge in [-0.25, -0.2) is 4.79 Å². The van der Waals surface area contributed by atoms with E-state index in [9.17, 15) is 9.59 Å². The minimum absolute atomic E-state index is 0.135. The molecule has 0 atom stereocenters. The van der Waals surface area contributed by atoms with E-state index in [2.05, 4.69) is 13.8 Å². The van der Waals surface area contributed by atoms with Crippen molar-refractivity contribution in [3.8, 4) is 23.3 Å². The van der Waals surface area contributed by atoms with Crippen LogP contribution in [0.3, 0.4) is 0 Å². The van der Waals surface area contributed by atoms with Crippen LogP contribution in [0.2, 0.25) is 0 Å². The number of ether oxygens (including phenoxy) is 3. The summed E-state index contributed by atoms with van der Waals surface area (Å²) in [5.41, 5.74) is 0.0844. The molecule has 0 bridgehead atoms. The van der Waals surface area contributed by atoms with Gasteiger partial charge in [-0.15, -0.1) is 0 Å². The number of esters is 1. The molecule has 0 aliphatic rings. The number of nitrogens with zero attached hydrogens (tertiary/aromatic N) is 1. The fourth-order valence-electron chi connectivity index (χ4n) is 3.86. The van der Waals surface area contributed by atoms with E-state index in [-0.39, 0.29) is 11.3 Å². The van der Waals surface area contributed by atoms with E-state index in [0.29, 0.717) is 30.3 Å². The Bertz CT molecular complexity index is 1060. The Kier molecular flexibility index (Phi) is 14.5. The van der Waals surface area contributed by atoms with E-state index in [1.54, 1.807) is 18.2 Å². The Hall–Kier alpha value is -3.33. The number of carbonyl (C=O) groups excluding carboxylic acids is 1. The molecule has 2 aromatic carbocycles. The van der Waals surface area contributed by atoms with E-state index < -0.39 is 11.4 Å². The smallest absolute Gasteiger partial charge is 0.343 e. The second kappa shape index (κ2) is 18.0. The molecule has 0 amide bonds. The summed E-state index contributed by atoms with van der Waals surface area (Å²) in [6.07, 6.45) is 14.0. The summed E-state index contributed by atoms with van der Waals surface area (Å²) >= 11 is 0. The van der Waals surface area contributed by atoms with Gasteiger partial charge in [-0.05, 0) is 55.3 Å². The van der Waals surface area contributed by atoms with Crippen LogP contribution in [0.1, 0.15) is 107 Å². The number of nitriles is 1. The van der Waals surface area contributed by atoms with E-state index >= 15 is 0 Å². The SMILES string of the molecule is CCCCCCCCOc1ccc(C(=O)Oc2ccc(C#N)ccc2=O)cc1OCCCCCCCC. The molecular weight excluding hydrogens is 466 g/mol. The summed E-state index contributed by atoms with van der Waals surface area (Å²) in [5.74, 6) is 0.297.